The summed E-state index contributed by atoms with van der Waals surface area (Å²) in [7, 11) is 2.13. The lowest BCUT2D eigenvalue weighted by atomic mass is 10.2. The number of thiophene rings is 1. The molecule has 98 valence electrons. The van der Waals surface area contributed by atoms with Crippen LogP contribution in [0.3, 0.4) is 0 Å². The summed E-state index contributed by atoms with van der Waals surface area (Å²) in [4.78, 5) is 19.2. The molecule has 1 aromatic heterocycles. The van der Waals surface area contributed by atoms with Gasteiger partial charge in [-0.3, -0.25) is 4.79 Å². The van der Waals surface area contributed by atoms with Gasteiger partial charge < -0.3 is 9.80 Å². The van der Waals surface area contributed by atoms with Crippen molar-refractivity contribution in [2.24, 2.45) is 0 Å². The molecule has 1 aliphatic heterocycles. The Balaban J connectivity index is 1.73. The number of rotatable bonds is 1. The first-order valence-corrected chi connectivity index (χ1v) is 7.65. The summed E-state index contributed by atoms with van der Waals surface area (Å²) in [5.41, 5.74) is 1.43. The topological polar surface area (TPSA) is 23.6 Å². The number of aryl methyl sites for hydroxylation is 2. The molecule has 1 amide bonds. The first kappa shape index (κ1) is 12.2. The van der Waals surface area contributed by atoms with Crippen molar-refractivity contribution in [2.75, 3.05) is 33.2 Å². The van der Waals surface area contributed by atoms with Crippen molar-refractivity contribution in [1.82, 2.24) is 9.80 Å². The van der Waals surface area contributed by atoms with Crippen LogP contribution in [0.25, 0.3) is 0 Å². The summed E-state index contributed by atoms with van der Waals surface area (Å²) in [6.45, 7) is 3.88. The number of carbonyl (C=O) groups is 1. The first-order valence-electron chi connectivity index (χ1n) is 6.83. The molecule has 2 heterocycles. The van der Waals surface area contributed by atoms with Crippen molar-refractivity contribution >= 4 is 17.2 Å². The average molecular weight is 264 g/mol. The van der Waals surface area contributed by atoms with E-state index >= 15 is 0 Å². The van der Waals surface area contributed by atoms with E-state index in [1.165, 1.54) is 29.7 Å². The second kappa shape index (κ2) is 5.02. The summed E-state index contributed by atoms with van der Waals surface area (Å²) in [6.07, 6.45) is 4.70. The van der Waals surface area contributed by atoms with Gasteiger partial charge in [-0.1, -0.05) is 0 Å². The summed E-state index contributed by atoms with van der Waals surface area (Å²) >= 11 is 1.73. The maximum atomic E-state index is 12.5. The maximum absolute atomic E-state index is 12.5. The molecule has 3 nitrogen and oxygen atoms in total. The van der Waals surface area contributed by atoms with Gasteiger partial charge in [0.25, 0.3) is 5.91 Å². The van der Waals surface area contributed by atoms with E-state index in [1.807, 2.05) is 4.90 Å². The number of carbonyl (C=O) groups excluding carboxylic acids is 1. The third-order valence-electron chi connectivity index (χ3n) is 3.96. The van der Waals surface area contributed by atoms with Crippen LogP contribution in [-0.2, 0) is 12.8 Å². The molecular formula is C14H20N2OS. The maximum Gasteiger partial charge on any atom is 0.263 e. The highest BCUT2D eigenvalue weighted by Crippen LogP contribution is 2.31. The van der Waals surface area contributed by atoms with Crippen molar-refractivity contribution in [1.29, 1.82) is 0 Å². The van der Waals surface area contributed by atoms with Crippen LogP contribution >= 0.6 is 11.3 Å². The van der Waals surface area contributed by atoms with E-state index in [1.54, 1.807) is 11.3 Å². The first-order chi connectivity index (χ1) is 8.74. The molecule has 18 heavy (non-hydrogen) atoms. The quantitative estimate of drug-likeness (QED) is 0.775. The number of nitrogens with zero attached hydrogens (tertiary/aromatic N) is 2. The predicted molar refractivity (Wildman–Crippen MR) is 74.4 cm³/mol. The SMILES string of the molecule is CN1CCCN(C(=O)c2cc3c(s2)CCC3)CC1. The Morgan fingerprint density at radius 1 is 1.17 bits per heavy atom. The molecule has 0 unspecified atom stereocenters. The highest BCUT2D eigenvalue weighted by atomic mass is 32.1. The van der Waals surface area contributed by atoms with Gasteiger partial charge >= 0.3 is 0 Å². The van der Waals surface area contributed by atoms with Crippen molar-refractivity contribution in [3.63, 3.8) is 0 Å². The molecule has 0 bridgehead atoms. The molecule has 0 saturated carbocycles. The molecule has 0 N–H and O–H groups in total. The fourth-order valence-electron chi connectivity index (χ4n) is 2.84. The number of amides is 1. The van der Waals surface area contributed by atoms with E-state index in [9.17, 15) is 4.79 Å². The highest BCUT2D eigenvalue weighted by Gasteiger charge is 2.23. The zero-order valence-corrected chi connectivity index (χ0v) is 11.8. The lowest BCUT2D eigenvalue weighted by molar-refractivity contribution is 0.0767. The van der Waals surface area contributed by atoms with E-state index in [0.717, 1.165) is 37.5 Å². The van der Waals surface area contributed by atoms with Crippen LogP contribution in [0.4, 0.5) is 0 Å². The lowest BCUT2D eigenvalue weighted by Gasteiger charge is -2.19. The average Bonchev–Trinajstić information content (AvgIpc) is 2.86. The Morgan fingerprint density at radius 3 is 2.89 bits per heavy atom. The summed E-state index contributed by atoms with van der Waals surface area (Å²) in [5, 5.41) is 0. The fraction of sp³-hybridized carbons (Fsp3) is 0.643. The molecule has 0 aromatic carbocycles. The fourth-order valence-corrected chi connectivity index (χ4v) is 4.06. The minimum Gasteiger partial charge on any atom is -0.337 e. The molecule has 1 aromatic rings. The number of fused-ring (bicyclic) bond motifs is 1. The zero-order valence-electron chi connectivity index (χ0n) is 10.9. The summed E-state index contributed by atoms with van der Waals surface area (Å²) in [5.74, 6) is 0.254. The van der Waals surface area contributed by atoms with Gasteiger partial charge in [0, 0.05) is 24.5 Å². The van der Waals surface area contributed by atoms with E-state index in [-0.39, 0.29) is 5.91 Å². The van der Waals surface area contributed by atoms with Gasteiger partial charge in [0.2, 0.25) is 0 Å². The highest BCUT2D eigenvalue weighted by molar-refractivity contribution is 7.14. The van der Waals surface area contributed by atoms with Crippen LogP contribution in [0, 0.1) is 0 Å². The third-order valence-corrected chi connectivity index (χ3v) is 5.19. The summed E-state index contributed by atoms with van der Waals surface area (Å²) < 4.78 is 0. The monoisotopic (exact) mass is 264 g/mol. The van der Waals surface area contributed by atoms with Crippen molar-refractivity contribution in [2.45, 2.75) is 25.7 Å². The Kier molecular flexibility index (Phi) is 3.39. The zero-order chi connectivity index (χ0) is 12.5. The largest absolute Gasteiger partial charge is 0.337 e. The molecule has 3 rings (SSSR count). The number of hydrogen-bond acceptors (Lipinski definition) is 3. The van der Waals surface area contributed by atoms with E-state index < -0.39 is 0 Å². The molecule has 4 heteroatoms. The van der Waals surface area contributed by atoms with Crippen molar-refractivity contribution in [3.05, 3.63) is 21.4 Å². The smallest absolute Gasteiger partial charge is 0.263 e. The Hall–Kier alpha value is -0.870. The summed E-state index contributed by atoms with van der Waals surface area (Å²) in [6, 6.07) is 2.14. The molecule has 0 atom stereocenters. The lowest BCUT2D eigenvalue weighted by Crippen LogP contribution is -2.34. The van der Waals surface area contributed by atoms with Crippen LogP contribution in [0.15, 0.2) is 6.07 Å². The Morgan fingerprint density at radius 2 is 2.06 bits per heavy atom. The van der Waals surface area contributed by atoms with Crippen molar-refractivity contribution < 1.29 is 4.79 Å². The van der Waals surface area contributed by atoms with E-state index in [2.05, 4.69) is 18.0 Å². The van der Waals surface area contributed by atoms with E-state index in [4.69, 9.17) is 0 Å². The third kappa shape index (κ3) is 2.31. The van der Waals surface area contributed by atoms with Gasteiger partial charge in [0.05, 0.1) is 4.88 Å². The number of likely N-dealkylation sites (N-methyl/N-ethyl adjacent to an activating group) is 1. The Bertz CT molecular complexity index is 433. The normalized spacial score (nSPS) is 20.8. The minimum atomic E-state index is 0.254. The predicted octanol–water partition coefficient (Wildman–Crippen LogP) is 2.01. The van der Waals surface area contributed by atoms with Crippen LogP contribution in [0.1, 0.15) is 33.0 Å². The molecule has 0 spiro atoms. The molecule has 2 aliphatic rings. The van der Waals surface area contributed by atoms with E-state index in [0.29, 0.717) is 0 Å². The molecule has 0 radical (unpaired) electrons. The van der Waals surface area contributed by atoms with Crippen LogP contribution < -0.4 is 0 Å². The van der Waals surface area contributed by atoms with Gasteiger partial charge in [0.1, 0.15) is 0 Å². The molecule has 1 fully saturated rings. The van der Waals surface area contributed by atoms with Crippen LogP contribution in [0.2, 0.25) is 0 Å². The van der Waals surface area contributed by atoms with Gasteiger partial charge in [-0.05, 0) is 50.9 Å². The molecular weight excluding hydrogens is 244 g/mol. The second-order valence-electron chi connectivity index (χ2n) is 5.36. The van der Waals surface area contributed by atoms with Crippen molar-refractivity contribution in [3.8, 4) is 0 Å². The van der Waals surface area contributed by atoms with Crippen LogP contribution in [-0.4, -0.2) is 48.9 Å². The van der Waals surface area contributed by atoms with Gasteiger partial charge in [-0.15, -0.1) is 11.3 Å². The van der Waals surface area contributed by atoms with Gasteiger partial charge in [0.15, 0.2) is 0 Å². The molecule has 1 saturated heterocycles. The Labute approximate surface area is 112 Å². The van der Waals surface area contributed by atoms with Gasteiger partial charge in [-0.25, -0.2) is 0 Å². The van der Waals surface area contributed by atoms with Gasteiger partial charge in [-0.2, -0.15) is 0 Å². The van der Waals surface area contributed by atoms with Crippen LogP contribution in [0.5, 0.6) is 0 Å². The standard InChI is InChI=1S/C14H20N2OS/c1-15-6-3-7-16(9-8-15)14(17)13-10-11-4-2-5-12(11)18-13/h10H,2-9H2,1H3. The second-order valence-corrected chi connectivity index (χ2v) is 6.50. The molecule has 1 aliphatic carbocycles. The number of hydrogen-bond donors (Lipinski definition) is 0. The minimum absolute atomic E-state index is 0.254.